The summed E-state index contributed by atoms with van der Waals surface area (Å²) in [5.41, 5.74) is 5.92. The molecule has 3 rings (SSSR count). The number of thiophene rings is 1. The first kappa shape index (κ1) is 23.3. The summed E-state index contributed by atoms with van der Waals surface area (Å²) in [5.74, 6) is 0.0406. The predicted octanol–water partition coefficient (Wildman–Crippen LogP) is 2.92. The highest BCUT2D eigenvalue weighted by atomic mass is 32.2. The molecule has 9 nitrogen and oxygen atoms in total. The van der Waals surface area contributed by atoms with Gasteiger partial charge in [0.15, 0.2) is 5.16 Å². The number of rotatable bonds is 8. The van der Waals surface area contributed by atoms with Gasteiger partial charge in [-0.05, 0) is 18.4 Å². The first-order chi connectivity index (χ1) is 14.8. The second-order valence-electron chi connectivity index (χ2n) is 7.62. The van der Waals surface area contributed by atoms with Crippen LogP contribution in [0.3, 0.4) is 0 Å². The van der Waals surface area contributed by atoms with Crippen molar-refractivity contribution in [3.8, 4) is 0 Å². The largest absolute Gasteiger partial charge is 0.465 e. The van der Waals surface area contributed by atoms with Crippen LogP contribution in [-0.2, 0) is 23.0 Å². The Labute approximate surface area is 189 Å². The number of amides is 2. The Bertz CT molecular complexity index is 979. The number of ether oxygens (including phenoxy) is 1. The van der Waals surface area contributed by atoms with Crippen LogP contribution < -0.4 is 11.1 Å². The monoisotopic (exact) mass is 465 g/mol. The number of methoxy groups -OCH3 is 1. The standard InChI is InChI=1S/C20H27N5O4S2/c1-11-15(19(28)29-3)18(31-16(11)17(21)27)22-14(26)10-30-20-24-23-13(25(20)2)9-12-7-5-4-6-8-12/h12H,4-10H2,1-3H3,(H2,21,27)(H,22,26). The van der Waals surface area contributed by atoms with Gasteiger partial charge in [-0.1, -0.05) is 43.9 Å². The van der Waals surface area contributed by atoms with Crippen molar-refractivity contribution in [1.29, 1.82) is 0 Å². The van der Waals surface area contributed by atoms with E-state index in [1.807, 2.05) is 11.6 Å². The lowest BCUT2D eigenvalue weighted by molar-refractivity contribution is -0.113. The average Bonchev–Trinajstić information content (AvgIpc) is 3.26. The van der Waals surface area contributed by atoms with Crippen molar-refractivity contribution in [2.75, 3.05) is 18.2 Å². The van der Waals surface area contributed by atoms with E-state index in [-0.39, 0.29) is 27.1 Å². The number of nitrogens with one attached hydrogen (secondary N) is 1. The van der Waals surface area contributed by atoms with Gasteiger partial charge in [-0.2, -0.15) is 0 Å². The fraction of sp³-hybridized carbons (Fsp3) is 0.550. The van der Waals surface area contributed by atoms with Crippen LogP contribution in [0.4, 0.5) is 5.00 Å². The Morgan fingerprint density at radius 1 is 1.26 bits per heavy atom. The van der Waals surface area contributed by atoms with E-state index in [2.05, 4.69) is 15.5 Å². The summed E-state index contributed by atoms with van der Waals surface area (Å²) in [7, 11) is 3.15. The van der Waals surface area contributed by atoms with Gasteiger partial charge in [0.2, 0.25) is 5.91 Å². The second kappa shape index (κ2) is 10.3. The van der Waals surface area contributed by atoms with Gasteiger partial charge in [-0.15, -0.1) is 21.5 Å². The highest BCUT2D eigenvalue weighted by Gasteiger charge is 2.25. The summed E-state index contributed by atoms with van der Waals surface area (Å²) in [6, 6.07) is 0. The zero-order valence-electron chi connectivity index (χ0n) is 17.9. The van der Waals surface area contributed by atoms with Crippen molar-refractivity contribution in [3.63, 3.8) is 0 Å². The first-order valence-corrected chi connectivity index (χ1v) is 11.9. The summed E-state index contributed by atoms with van der Waals surface area (Å²) in [6.45, 7) is 1.60. The summed E-state index contributed by atoms with van der Waals surface area (Å²) in [6.07, 6.45) is 7.23. The quantitative estimate of drug-likeness (QED) is 0.453. The summed E-state index contributed by atoms with van der Waals surface area (Å²) in [4.78, 5) is 36.5. The smallest absolute Gasteiger partial charge is 0.341 e. The number of carbonyl (C=O) groups is 3. The van der Waals surface area contributed by atoms with E-state index in [4.69, 9.17) is 10.5 Å². The molecule has 0 atom stereocenters. The lowest BCUT2D eigenvalue weighted by Gasteiger charge is -2.20. The second-order valence-corrected chi connectivity index (χ2v) is 9.58. The summed E-state index contributed by atoms with van der Waals surface area (Å²) in [5, 5.41) is 12.1. The molecule has 0 saturated heterocycles. The Kier molecular flexibility index (Phi) is 7.71. The van der Waals surface area contributed by atoms with Gasteiger partial charge in [0.25, 0.3) is 5.91 Å². The van der Waals surface area contributed by atoms with Crippen LogP contribution in [0.15, 0.2) is 5.16 Å². The van der Waals surface area contributed by atoms with E-state index in [9.17, 15) is 14.4 Å². The molecule has 0 radical (unpaired) electrons. The van der Waals surface area contributed by atoms with Gasteiger partial charge in [0.05, 0.1) is 23.3 Å². The van der Waals surface area contributed by atoms with Crippen LogP contribution >= 0.6 is 23.1 Å². The number of carbonyl (C=O) groups excluding carboxylic acids is 3. The van der Waals surface area contributed by atoms with Gasteiger partial charge < -0.3 is 20.4 Å². The zero-order chi connectivity index (χ0) is 22.5. The number of aromatic nitrogens is 3. The Balaban J connectivity index is 1.64. The van der Waals surface area contributed by atoms with E-state index in [0.29, 0.717) is 16.6 Å². The molecule has 0 bridgehead atoms. The van der Waals surface area contributed by atoms with Gasteiger partial charge in [-0.3, -0.25) is 9.59 Å². The third-order valence-corrected chi connectivity index (χ3v) is 7.71. The maximum absolute atomic E-state index is 12.5. The molecule has 2 amide bonds. The molecule has 2 aromatic rings. The Morgan fingerprint density at radius 2 is 1.97 bits per heavy atom. The van der Waals surface area contributed by atoms with E-state index in [1.54, 1.807) is 6.92 Å². The van der Waals surface area contributed by atoms with Gasteiger partial charge in [0.1, 0.15) is 10.8 Å². The van der Waals surface area contributed by atoms with Crippen LogP contribution in [0.2, 0.25) is 0 Å². The van der Waals surface area contributed by atoms with Crippen molar-refractivity contribution < 1.29 is 19.1 Å². The topological polar surface area (TPSA) is 129 Å². The van der Waals surface area contributed by atoms with Crippen LogP contribution in [0.5, 0.6) is 0 Å². The maximum atomic E-state index is 12.5. The average molecular weight is 466 g/mol. The molecule has 0 spiro atoms. The van der Waals surface area contributed by atoms with Gasteiger partial charge >= 0.3 is 5.97 Å². The Morgan fingerprint density at radius 3 is 2.61 bits per heavy atom. The number of nitrogens with two attached hydrogens (primary N) is 1. The fourth-order valence-electron chi connectivity index (χ4n) is 3.78. The van der Waals surface area contributed by atoms with Crippen molar-refractivity contribution in [3.05, 3.63) is 21.8 Å². The SMILES string of the molecule is COC(=O)c1c(NC(=O)CSc2nnc(CC3CCCCC3)n2C)sc(C(N)=O)c1C. The lowest BCUT2D eigenvalue weighted by atomic mass is 9.87. The van der Waals surface area contributed by atoms with Crippen LogP contribution in [0.25, 0.3) is 0 Å². The molecule has 31 heavy (non-hydrogen) atoms. The molecule has 1 aliphatic rings. The highest BCUT2D eigenvalue weighted by Crippen LogP contribution is 2.34. The summed E-state index contributed by atoms with van der Waals surface area (Å²) >= 11 is 2.23. The molecule has 1 aliphatic carbocycles. The third kappa shape index (κ3) is 5.45. The van der Waals surface area contributed by atoms with Crippen molar-refractivity contribution in [2.45, 2.75) is 50.6 Å². The van der Waals surface area contributed by atoms with Gasteiger partial charge in [0, 0.05) is 13.5 Å². The number of hydrogen-bond acceptors (Lipinski definition) is 8. The number of nitrogens with zero attached hydrogens (tertiary/aromatic N) is 3. The molecule has 1 saturated carbocycles. The number of esters is 1. The number of thioether (sulfide) groups is 1. The molecular formula is C20H27N5O4S2. The Hall–Kier alpha value is -2.40. The summed E-state index contributed by atoms with van der Waals surface area (Å²) < 4.78 is 6.72. The number of anilines is 1. The minimum atomic E-state index is -0.660. The van der Waals surface area contributed by atoms with E-state index >= 15 is 0 Å². The fourth-order valence-corrected chi connectivity index (χ4v) is 5.57. The lowest BCUT2D eigenvalue weighted by Crippen LogP contribution is -2.16. The number of primary amides is 1. The van der Waals surface area contributed by atoms with Gasteiger partial charge in [-0.25, -0.2) is 4.79 Å². The molecule has 0 unspecified atom stereocenters. The predicted molar refractivity (Wildman–Crippen MR) is 120 cm³/mol. The molecule has 11 heteroatoms. The maximum Gasteiger partial charge on any atom is 0.341 e. The van der Waals surface area contributed by atoms with E-state index < -0.39 is 11.9 Å². The molecule has 3 N–H and O–H groups in total. The van der Waals surface area contributed by atoms with Crippen molar-refractivity contribution >= 4 is 45.9 Å². The molecule has 168 valence electrons. The normalized spacial score (nSPS) is 14.4. The van der Waals surface area contributed by atoms with E-state index in [1.165, 1.54) is 51.0 Å². The first-order valence-electron chi connectivity index (χ1n) is 10.1. The third-order valence-electron chi connectivity index (χ3n) is 5.47. The van der Waals surface area contributed by atoms with E-state index in [0.717, 1.165) is 23.6 Å². The van der Waals surface area contributed by atoms with Crippen molar-refractivity contribution in [2.24, 2.45) is 18.7 Å². The zero-order valence-corrected chi connectivity index (χ0v) is 19.5. The highest BCUT2D eigenvalue weighted by molar-refractivity contribution is 7.99. The minimum Gasteiger partial charge on any atom is -0.465 e. The minimum absolute atomic E-state index is 0.0822. The van der Waals surface area contributed by atoms with Crippen LogP contribution in [0.1, 0.15) is 63.5 Å². The molecular weight excluding hydrogens is 438 g/mol. The molecule has 0 aliphatic heterocycles. The molecule has 2 aromatic heterocycles. The molecule has 0 aromatic carbocycles. The van der Waals surface area contributed by atoms with Crippen molar-refractivity contribution in [1.82, 2.24) is 14.8 Å². The number of hydrogen-bond donors (Lipinski definition) is 2. The van der Waals surface area contributed by atoms with Crippen LogP contribution in [-0.4, -0.2) is 45.4 Å². The van der Waals surface area contributed by atoms with Crippen LogP contribution in [0, 0.1) is 12.8 Å². The molecule has 1 fully saturated rings. The molecule has 2 heterocycles.